The van der Waals surface area contributed by atoms with Crippen molar-refractivity contribution in [2.45, 2.75) is 38.5 Å². The first-order chi connectivity index (χ1) is 9.15. The molecule has 0 bridgehead atoms. The van der Waals surface area contributed by atoms with Gasteiger partial charge in [-0.1, -0.05) is 0 Å². The number of anilines is 1. The Bertz CT molecular complexity index is 596. The van der Waals surface area contributed by atoms with E-state index in [0.717, 1.165) is 30.0 Å². The third-order valence-corrected chi connectivity index (χ3v) is 5.51. The van der Waals surface area contributed by atoms with Gasteiger partial charge in [0.15, 0.2) is 0 Å². The third kappa shape index (κ3) is 2.56. The molecule has 2 heterocycles. The number of hydrogen-bond acceptors (Lipinski definition) is 4. The van der Waals surface area contributed by atoms with Crippen molar-refractivity contribution in [1.82, 2.24) is 9.97 Å². The van der Waals surface area contributed by atoms with E-state index in [-0.39, 0.29) is 0 Å². The molecule has 1 fully saturated rings. The SMILES string of the molecule is Cc1sc2ncnc(NCC3CCC(Cl)C3)c2c1C. The lowest BCUT2D eigenvalue weighted by Crippen LogP contribution is -2.13. The van der Waals surface area contributed by atoms with Crippen molar-refractivity contribution in [3.63, 3.8) is 0 Å². The average Bonchev–Trinajstić information content (AvgIpc) is 2.93. The van der Waals surface area contributed by atoms with Crippen LogP contribution in [0.25, 0.3) is 10.2 Å². The fraction of sp³-hybridized carbons (Fsp3) is 0.571. The zero-order chi connectivity index (χ0) is 13.4. The van der Waals surface area contributed by atoms with Crippen LogP contribution in [0.1, 0.15) is 29.7 Å². The quantitative estimate of drug-likeness (QED) is 0.865. The molecule has 102 valence electrons. The normalized spacial score (nSPS) is 23.1. The minimum atomic E-state index is 0.363. The Hall–Kier alpha value is -0.870. The van der Waals surface area contributed by atoms with E-state index in [4.69, 9.17) is 11.6 Å². The Morgan fingerprint density at radius 2 is 2.21 bits per heavy atom. The molecule has 3 rings (SSSR count). The number of nitrogens with zero attached hydrogens (tertiary/aromatic N) is 2. The molecular weight excluding hydrogens is 278 g/mol. The van der Waals surface area contributed by atoms with E-state index in [2.05, 4.69) is 29.1 Å². The van der Waals surface area contributed by atoms with E-state index < -0.39 is 0 Å². The second-order valence-corrected chi connectivity index (χ2v) is 7.16. The minimum Gasteiger partial charge on any atom is -0.369 e. The maximum absolute atomic E-state index is 6.16. The van der Waals surface area contributed by atoms with Crippen LogP contribution in [-0.4, -0.2) is 21.9 Å². The van der Waals surface area contributed by atoms with Gasteiger partial charge in [0.2, 0.25) is 0 Å². The van der Waals surface area contributed by atoms with Gasteiger partial charge in [-0.15, -0.1) is 22.9 Å². The van der Waals surface area contributed by atoms with Crippen molar-refractivity contribution < 1.29 is 0 Å². The van der Waals surface area contributed by atoms with E-state index in [9.17, 15) is 0 Å². The first-order valence-corrected chi connectivity index (χ1v) is 7.99. The smallest absolute Gasteiger partial charge is 0.138 e. The van der Waals surface area contributed by atoms with Crippen molar-refractivity contribution in [2.75, 3.05) is 11.9 Å². The van der Waals surface area contributed by atoms with Gasteiger partial charge in [-0.25, -0.2) is 9.97 Å². The monoisotopic (exact) mass is 295 g/mol. The summed E-state index contributed by atoms with van der Waals surface area (Å²) in [6.07, 6.45) is 5.13. The fourth-order valence-electron chi connectivity index (χ4n) is 2.76. The van der Waals surface area contributed by atoms with Crippen LogP contribution >= 0.6 is 22.9 Å². The van der Waals surface area contributed by atoms with E-state index in [1.807, 2.05) is 0 Å². The highest BCUT2D eigenvalue weighted by molar-refractivity contribution is 7.18. The lowest BCUT2D eigenvalue weighted by Gasteiger charge is -2.12. The molecule has 2 unspecified atom stereocenters. The molecule has 1 aliphatic carbocycles. The predicted molar refractivity (Wildman–Crippen MR) is 82.4 cm³/mol. The number of alkyl halides is 1. The summed E-state index contributed by atoms with van der Waals surface area (Å²) in [7, 11) is 0. The number of aryl methyl sites for hydroxylation is 2. The molecule has 2 aromatic rings. The highest BCUT2D eigenvalue weighted by Gasteiger charge is 2.23. The maximum atomic E-state index is 6.16. The van der Waals surface area contributed by atoms with Crippen LogP contribution in [0, 0.1) is 19.8 Å². The summed E-state index contributed by atoms with van der Waals surface area (Å²) in [5, 5.41) is 5.05. The molecular formula is C14H18ClN3S. The second-order valence-electron chi connectivity index (χ2n) is 5.34. The molecule has 0 saturated heterocycles. The number of aromatic nitrogens is 2. The summed E-state index contributed by atoms with van der Waals surface area (Å²) < 4.78 is 0. The molecule has 0 aromatic carbocycles. The standard InChI is InChI=1S/C14H18ClN3S/c1-8-9(2)19-14-12(8)13(17-7-18-14)16-6-10-3-4-11(15)5-10/h7,10-11H,3-6H2,1-2H3,(H,16,17,18). The fourth-order valence-corrected chi connectivity index (χ4v) is 4.13. The van der Waals surface area contributed by atoms with Crippen molar-refractivity contribution in [2.24, 2.45) is 5.92 Å². The minimum absolute atomic E-state index is 0.363. The maximum Gasteiger partial charge on any atom is 0.138 e. The lowest BCUT2D eigenvalue weighted by molar-refractivity contribution is 0.580. The summed E-state index contributed by atoms with van der Waals surface area (Å²) in [5.41, 5.74) is 1.30. The van der Waals surface area contributed by atoms with Gasteiger partial charge in [-0.05, 0) is 44.6 Å². The summed E-state index contributed by atoms with van der Waals surface area (Å²) in [4.78, 5) is 11.2. The Morgan fingerprint density at radius 1 is 1.37 bits per heavy atom. The summed E-state index contributed by atoms with van der Waals surface area (Å²) in [6, 6.07) is 0. The molecule has 1 aliphatic rings. The largest absolute Gasteiger partial charge is 0.369 e. The summed E-state index contributed by atoms with van der Waals surface area (Å²) in [6.45, 7) is 5.25. The van der Waals surface area contributed by atoms with Gasteiger partial charge in [0.25, 0.3) is 0 Å². The first kappa shape index (κ1) is 13.1. The molecule has 0 amide bonds. The number of thiophene rings is 1. The van der Waals surface area contributed by atoms with Crippen LogP contribution in [0.15, 0.2) is 6.33 Å². The van der Waals surface area contributed by atoms with Gasteiger partial charge in [-0.3, -0.25) is 0 Å². The van der Waals surface area contributed by atoms with E-state index in [1.54, 1.807) is 17.7 Å². The molecule has 3 nitrogen and oxygen atoms in total. The predicted octanol–water partition coefficient (Wildman–Crippen LogP) is 4.13. The van der Waals surface area contributed by atoms with E-state index in [0.29, 0.717) is 11.3 Å². The van der Waals surface area contributed by atoms with E-state index in [1.165, 1.54) is 22.2 Å². The molecule has 0 radical (unpaired) electrons. The zero-order valence-electron chi connectivity index (χ0n) is 11.2. The third-order valence-electron chi connectivity index (χ3n) is 4.00. The Kier molecular flexibility index (Phi) is 3.63. The van der Waals surface area contributed by atoms with Gasteiger partial charge in [0.05, 0.1) is 5.39 Å². The van der Waals surface area contributed by atoms with Gasteiger partial charge >= 0.3 is 0 Å². The zero-order valence-corrected chi connectivity index (χ0v) is 12.8. The highest BCUT2D eigenvalue weighted by Crippen LogP contribution is 2.34. The van der Waals surface area contributed by atoms with Crippen LogP contribution in [0.5, 0.6) is 0 Å². The van der Waals surface area contributed by atoms with Gasteiger partial charge in [0, 0.05) is 16.8 Å². The highest BCUT2D eigenvalue weighted by atomic mass is 35.5. The average molecular weight is 296 g/mol. The number of nitrogens with one attached hydrogen (secondary N) is 1. The van der Waals surface area contributed by atoms with Crippen molar-refractivity contribution in [3.05, 3.63) is 16.8 Å². The first-order valence-electron chi connectivity index (χ1n) is 6.73. The molecule has 0 spiro atoms. The number of rotatable bonds is 3. The second kappa shape index (κ2) is 5.25. The van der Waals surface area contributed by atoms with Crippen LogP contribution in [0.2, 0.25) is 0 Å². The topological polar surface area (TPSA) is 37.8 Å². The Morgan fingerprint density at radius 3 is 2.95 bits per heavy atom. The van der Waals surface area contributed by atoms with Crippen molar-refractivity contribution in [3.8, 4) is 0 Å². The van der Waals surface area contributed by atoms with Crippen LogP contribution in [0.3, 0.4) is 0 Å². The molecule has 5 heteroatoms. The Balaban J connectivity index is 1.81. The van der Waals surface area contributed by atoms with Crippen LogP contribution < -0.4 is 5.32 Å². The van der Waals surface area contributed by atoms with Gasteiger partial charge in [-0.2, -0.15) is 0 Å². The van der Waals surface area contributed by atoms with Crippen molar-refractivity contribution in [1.29, 1.82) is 0 Å². The summed E-state index contributed by atoms with van der Waals surface area (Å²) in [5.74, 6) is 1.65. The van der Waals surface area contributed by atoms with Crippen LogP contribution in [0.4, 0.5) is 5.82 Å². The Labute approximate surface area is 122 Å². The number of fused-ring (bicyclic) bond motifs is 1. The number of hydrogen-bond donors (Lipinski definition) is 1. The van der Waals surface area contributed by atoms with Crippen LogP contribution in [-0.2, 0) is 0 Å². The molecule has 2 aromatic heterocycles. The molecule has 0 aliphatic heterocycles. The van der Waals surface area contributed by atoms with E-state index >= 15 is 0 Å². The van der Waals surface area contributed by atoms with Crippen molar-refractivity contribution >= 4 is 39.0 Å². The molecule has 1 saturated carbocycles. The molecule has 1 N–H and O–H groups in total. The number of halogens is 1. The summed E-state index contributed by atoms with van der Waals surface area (Å²) >= 11 is 7.90. The molecule has 19 heavy (non-hydrogen) atoms. The lowest BCUT2D eigenvalue weighted by atomic mass is 10.1. The molecule has 2 atom stereocenters. The van der Waals surface area contributed by atoms with Gasteiger partial charge < -0.3 is 5.32 Å². The van der Waals surface area contributed by atoms with Gasteiger partial charge in [0.1, 0.15) is 17.0 Å².